The molecular formula is C30H24IrNO4-. The van der Waals surface area contributed by atoms with Crippen molar-refractivity contribution in [1.82, 2.24) is 4.98 Å². The van der Waals surface area contributed by atoms with E-state index in [0.29, 0.717) is 0 Å². The molecule has 1 N–H and O–H groups in total. The van der Waals surface area contributed by atoms with Crippen molar-refractivity contribution in [2.24, 2.45) is 0 Å². The number of fused-ring (bicyclic) bond motifs is 3. The molecule has 1 aliphatic carbocycles. The Kier molecular flexibility index (Phi) is 8.70. The molecule has 6 heteroatoms. The molecule has 4 aromatic rings. The molecule has 0 fully saturated rings. The molecule has 1 aromatic heterocycles. The number of allylic oxidation sites excluding steroid dienone is 1. The summed E-state index contributed by atoms with van der Waals surface area (Å²) in [6.07, 6.45) is 0.992. The fourth-order valence-corrected chi connectivity index (χ4v) is 3.91. The molecule has 0 saturated carbocycles. The zero-order valence-electron chi connectivity index (χ0n) is 19.9. The number of pyridine rings is 1. The van der Waals surface area contributed by atoms with Gasteiger partial charge in [0, 0.05) is 37.1 Å². The van der Waals surface area contributed by atoms with E-state index in [4.69, 9.17) is 10.1 Å². The fraction of sp³-hybridized carbons (Fsp3) is 0.100. The van der Waals surface area contributed by atoms with Gasteiger partial charge < -0.3 is 9.84 Å². The Morgan fingerprint density at radius 1 is 0.972 bits per heavy atom. The number of rotatable bonds is 5. The van der Waals surface area contributed by atoms with Crippen LogP contribution in [0.2, 0.25) is 0 Å². The number of carbonyl (C=O) groups is 2. The minimum atomic E-state index is -0.594. The second-order valence-electron chi connectivity index (χ2n) is 8.18. The molecule has 1 radical (unpaired) electrons. The Morgan fingerprint density at radius 3 is 2.28 bits per heavy atom. The minimum Gasteiger partial charge on any atom is -0.509 e. The first-order valence-corrected chi connectivity index (χ1v) is 11.1. The van der Waals surface area contributed by atoms with Crippen LogP contribution in [0.4, 0.5) is 0 Å². The van der Waals surface area contributed by atoms with E-state index in [9.17, 15) is 9.59 Å². The molecule has 0 bridgehead atoms. The Bertz CT molecular complexity index is 1480. The molecule has 0 atom stereocenters. The van der Waals surface area contributed by atoms with Crippen LogP contribution < -0.4 is 0 Å². The second kappa shape index (κ2) is 11.7. The third-order valence-corrected chi connectivity index (χ3v) is 5.40. The molecule has 36 heavy (non-hydrogen) atoms. The topological polar surface area (TPSA) is 76.5 Å². The van der Waals surface area contributed by atoms with Crippen molar-refractivity contribution < 1.29 is 39.5 Å². The number of aliphatic hydroxyl groups is 1. The van der Waals surface area contributed by atoms with E-state index < -0.39 is 5.97 Å². The monoisotopic (exact) mass is 655 g/mol. The maximum absolute atomic E-state index is 10.8. The van der Waals surface area contributed by atoms with Crippen molar-refractivity contribution in [2.45, 2.75) is 13.8 Å². The summed E-state index contributed by atoms with van der Waals surface area (Å²) in [7, 11) is 0. The molecule has 1 heterocycles. The van der Waals surface area contributed by atoms with Gasteiger partial charge in [-0.25, -0.2) is 4.79 Å². The van der Waals surface area contributed by atoms with Crippen LogP contribution in [0.25, 0.3) is 44.4 Å². The zero-order valence-corrected chi connectivity index (χ0v) is 22.3. The van der Waals surface area contributed by atoms with Gasteiger partial charge >= 0.3 is 5.97 Å². The summed E-state index contributed by atoms with van der Waals surface area (Å²) in [4.78, 5) is 26.1. The summed E-state index contributed by atoms with van der Waals surface area (Å²) >= 11 is 0. The molecule has 0 saturated heterocycles. The van der Waals surface area contributed by atoms with Crippen LogP contribution in [-0.2, 0) is 34.4 Å². The van der Waals surface area contributed by atoms with Gasteiger partial charge in [0.15, 0.2) is 5.78 Å². The summed E-state index contributed by atoms with van der Waals surface area (Å²) in [5.41, 5.74) is 8.50. The number of ketones is 1. The average molecular weight is 655 g/mol. The number of hydrogen-bond donors (Lipinski definition) is 1. The van der Waals surface area contributed by atoms with Gasteiger partial charge in [0.25, 0.3) is 0 Å². The van der Waals surface area contributed by atoms with E-state index in [1.54, 1.807) is 0 Å². The third-order valence-electron chi connectivity index (χ3n) is 5.40. The summed E-state index contributed by atoms with van der Waals surface area (Å²) < 4.78 is 4.56. The zero-order chi connectivity index (χ0) is 24.9. The Labute approximate surface area is 223 Å². The molecule has 0 unspecified atom stereocenters. The maximum Gasteiger partial charge on any atom is 0.333 e. The van der Waals surface area contributed by atoms with Crippen molar-refractivity contribution >= 4 is 22.7 Å². The number of esters is 1. The normalized spacial score (nSPS) is 11.0. The largest absolute Gasteiger partial charge is 0.509 e. The number of ether oxygens (including phenoxy) is 1. The third kappa shape index (κ3) is 5.85. The summed E-state index contributed by atoms with van der Waals surface area (Å²) in [6.45, 7) is 5.83. The predicted molar refractivity (Wildman–Crippen MR) is 138 cm³/mol. The van der Waals surface area contributed by atoms with E-state index in [-0.39, 0.29) is 43.8 Å². The second-order valence-corrected chi connectivity index (χ2v) is 8.18. The average Bonchev–Trinajstić information content (AvgIpc) is 3.18. The van der Waals surface area contributed by atoms with Gasteiger partial charge in [0.2, 0.25) is 0 Å². The van der Waals surface area contributed by atoms with Crippen LogP contribution in [0.15, 0.2) is 96.8 Å². The molecule has 1 aliphatic rings. The van der Waals surface area contributed by atoms with Crippen LogP contribution in [0.1, 0.15) is 13.8 Å². The standard InChI is InChI=1S/C21H12N.C9H12O4.Ir/c1-2-7-14(8-3-1)20-13-18-16-10-5-4-9-15(16)17-11-6-12-19(22-20)21(17)18;1-6(2)9(12)13-5-8(11)4-7(3)10;/h1-7,9-13H;4,11H,1,5H2,2-3H3;/q-1;;/b;8-4-;. The SMILES string of the molecule is C=C(C)C(=O)OC/C(O)=C/C(C)=O.[Ir].[c-]1ccccc1-c1cc2c3c(cccc3n1)-c1ccccc1-2. The van der Waals surface area contributed by atoms with Crippen molar-refractivity contribution in [3.05, 3.63) is 103 Å². The smallest absolute Gasteiger partial charge is 0.333 e. The van der Waals surface area contributed by atoms with Crippen LogP contribution >= 0.6 is 0 Å². The predicted octanol–water partition coefficient (Wildman–Crippen LogP) is 6.48. The van der Waals surface area contributed by atoms with Crippen molar-refractivity contribution in [1.29, 1.82) is 0 Å². The molecule has 183 valence electrons. The van der Waals surface area contributed by atoms with Crippen LogP contribution in [0.3, 0.4) is 0 Å². The van der Waals surface area contributed by atoms with E-state index in [1.165, 1.54) is 41.5 Å². The van der Waals surface area contributed by atoms with Gasteiger partial charge in [-0.15, -0.1) is 35.9 Å². The van der Waals surface area contributed by atoms with Crippen molar-refractivity contribution in [3.8, 4) is 33.5 Å². The van der Waals surface area contributed by atoms with Crippen LogP contribution in [0, 0.1) is 6.07 Å². The van der Waals surface area contributed by atoms with E-state index in [1.807, 2.05) is 18.2 Å². The summed E-state index contributed by atoms with van der Waals surface area (Å²) in [5.74, 6) is -1.17. The number of nitrogens with zero attached hydrogens (tertiary/aromatic N) is 1. The number of hydrogen-bond acceptors (Lipinski definition) is 5. The first kappa shape index (κ1) is 26.7. The van der Waals surface area contributed by atoms with Gasteiger partial charge in [0.1, 0.15) is 12.4 Å². The molecule has 5 rings (SSSR count). The van der Waals surface area contributed by atoms with Gasteiger partial charge in [0.05, 0.1) is 5.52 Å². The molecule has 0 amide bonds. The summed E-state index contributed by atoms with van der Waals surface area (Å²) in [5, 5.41) is 10.3. The molecular weight excluding hydrogens is 631 g/mol. The Hall–Kier alpha value is -3.86. The Balaban J connectivity index is 0.000000226. The van der Waals surface area contributed by atoms with Crippen LogP contribution in [0.5, 0.6) is 0 Å². The molecule has 3 aromatic carbocycles. The van der Waals surface area contributed by atoms with Gasteiger partial charge in [-0.3, -0.25) is 9.78 Å². The molecule has 0 aliphatic heterocycles. The van der Waals surface area contributed by atoms with Crippen molar-refractivity contribution in [2.75, 3.05) is 6.61 Å². The fourth-order valence-electron chi connectivity index (χ4n) is 3.91. The van der Waals surface area contributed by atoms with Gasteiger partial charge in [-0.2, -0.15) is 0 Å². The first-order valence-electron chi connectivity index (χ1n) is 11.1. The number of aromatic nitrogens is 1. The summed E-state index contributed by atoms with van der Waals surface area (Å²) in [6, 6.07) is 28.5. The Morgan fingerprint density at radius 2 is 1.64 bits per heavy atom. The van der Waals surface area contributed by atoms with Crippen molar-refractivity contribution in [3.63, 3.8) is 0 Å². The maximum atomic E-state index is 10.8. The minimum absolute atomic E-state index is 0. The molecule has 0 spiro atoms. The van der Waals surface area contributed by atoms with Crippen LogP contribution in [-0.4, -0.2) is 28.4 Å². The number of aliphatic hydroxyl groups excluding tert-OH is 1. The molecule has 5 nitrogen and oxygen atoms in total. The number of benzene rings is 3. The van der Waals surface area contributed by atoms with E-state index in [2.05, 4.69) is 72.0 Å². The van der Waals surface area contributed by atoms with E-state index >= 15 is 0 Å². The van der Waals surface area contributed by atoms with E-state index in [0.717, 1.165) is 22.9 Å². The van der Waals surface area contributed by atoms with Gasteiger partial charge in [-0.1, -0.05) is 49.0 Å². The quantitative estimate of drug-likeness (QED) is 0.102. The van der Waals surface area contributed by atoms with Gasteiger partial charge in [-0.05, 0) is 47.9 Å². The number of carbonyl (C=O) groups excluding carboxylic acids is 2. The first-order chi connectivity index (χ1) is 16.8.